The third-order valence-corrected chi connectivity index (χ3v) is 3.87. The van der Waals surface area contributed by atoms with Gasteiger partial charge in [0.2, 0.25) is 0 Å². The molecule has 3 aromatic carbocycles. The molecular weight excluding hydrogens is 322 g/mol. The molecule has 0 heterocycles. The van der Waals surface area contributed by atoms with Gasteiger partial charge in [0.15, 0.2) is 6.29 Å². The first kappa shape index (κ1) is 16.8. The quantitative estimate of drug-likeness (QED) is 0.540. The summed E-state index contributed by atoms with van der Waals surface area (Å²) in [6, 6.07) is 20.9. The number of halogens is 2. The molecule has 126 valence electrons. The fraction of sp³-hybridized carbons (Fsp3) is 0.0952. The van der Waals surface area contributed by atoms with Gasteiger partial charge in [-0.05, 0) is 28.8 Å². The van der Waals surface area contributed by atoms with Crippen molar-refractivity contribution in [1.82, 2.24) is 0 Å². The van der Waals surface area contributed by atoms with E-state index in [0.717, 1.165) is 23.0 Å². The Bertz CT molecular complexity index is 844. The van der Waals surface area contributed by atoms with Crippen LogP contribution in [0.25, 0.3) is 11.1 Å². The van der Waals surface area contributed by atoms with Gasteiger partial charge in [0.1, 0.15) is 12.4 Å². The van der Waals surface area contributed by atoms with Crippen molar-refractivity contribution in [3.63, 3.8) is 0 Å². The highest BCUT2D eigenvalue weighted by Crippen LogP contribution is 2.28. The van der Waals surface area contributed by atoms with Crippen LogP contribution in [0.2, 0.25) is 0 Å². The summed E-state index contributed by atoms with van der Waals surface area (Å²) in [5.41, 5.74) is 2.94. The summed E-state index contributed by atoms with van der Waals surface area (Å²) in [7, 11) is 0. The van der Waals surface area contributed by atoms with E-state index in [1.165, 1.54) is 12.1 Å². The summed E-state index contributed by atoms with van der Waals surface area (Å²) in [4.78, 5) is 11.4. The molecule has 0 spiro atoms. The molecule has 0 aliphatic carbocycles. The molecule has 0 atom stereocenters. The Hall–Kier alpha value is -3.01. The standard InChI is InChI=1S/C21H16F2O2/c22-21(23)17-8-6-16(7-9-17)18-10-11-20(19(12-18)13-24)25-14-15-4-2-1-3-5-15/h1-13,21H,14H2. The van der Waals surface area contributed by atoms with Gasteiger partial charge in [0.25, 0.3) is 6.43 Å². The minimum Gasteiger partial charge on any atom is -0.488 e. The summed E-state index contributed by atoms with van der Waals surface area (Å²) >= 11 is 0. The molecule has 0 saturated heterocycles. The molecule has 3 rings (SSSR count). The van der Waals surface area contributed by atoms with Crippen molar-refractivity contribution >= 4 is 6.29 Å². The van der Waals surface area contributed by atoms with Crippen molar-refractivity contribution in [1.29, 1.82) is 0 Å². The number of hydrogen-bond donors (Lipinski definition) is 0. The Kier molecular flexibility index (Phi) is 5.19. The number of ether oxygens (including phenoxy) is 1. The normalized spacial score (nSPS) is 10.7. The van der Waals surface area contributed by atoms with E-state index in [4.69, 9.17) is 4.74 Å². The van der Waals surface area contributed by atoms with Crippen LogP contribution < -0.4 is 4.74 Å². The maximum Gasteiger partial charge on any atom is 0.263 e. The van der Waals surface area contributed by atoms with E-state index in [9.17, 15) is 13.6 Å². The molecule has 0 N–H and O–H groups in total. The predicted octanol–water partition coefficient (Wildman–Crippen LogP) is 5.68. The Morgan fingerprint density at radius 2 is 1.56 bits per heavy atom. The molecule has 3 aromatic rings. The molecule has 0 aromatic heterocycles. The van der Waals surface area contributed by atoms with Crippen molar-refractivity contribution in [3.8, 4) is 16.9 Å². The number of hydrogen-bond acceptors (Lipinski definition) is 2. The van der Waals surface area contributed by atoms with Crippen molar-refractivity contribution < 1.29 is 18.3 Å². The topological polar surface area (TPSA) is 26.3 Å². The summed E-state index contributed by atoms with van der Waals surface area (Å²) in [5.74, 6) is 0.492. The molecule has 0 bridgehead atoms. The average Bonchev–Trinajstić information content (AvgIpc) is 2.67. The van der Waals surface area contributed by atoms with Crippen LogP contribution in [-0.2, 0) is 6.61 Å². The predicted molar refractivity (Wildman–Crippen MR) is 93.0 cm³/mol. The van der Waals surface area contributed by atoms with Crippen molar-refractivity contribution in [2.75, 3.05) is 0 Å². The molecule has 0 aliphatic heterocycles. The highest BCUT2D eigenvalue weighted by Gasteiger charge is 2.09. The first-order chi connectivity index (χ1) is 12.2. The van der Waals surface area contributed by atoms with E-state index < -0.39 is 6.43 Å². The molecule has 0 amide bonds. The minimum atomic E-state index is -2.49. The maximum absolute atomic E-state index is 12.6. The third kappa shape index (κ3) is 4.10. The first-order valence-electron chi connectivity index (χ1n) is 7.82. The van der Waals surface area contributed by atoms with Crippen LogP contribution in [0.15, 0.2) is 72.8 Å². The zero-order valence-electron chi connectivity index (χ0n) is 13.4. The Balaban J connectivity index is 1.80. The zero-order valence-corrected chi connectivity index (χ0v) is 13.4. The molecule has 0 aliphatic rings. The van der Waals surface area contributed by atoms with Crippen LogP contribution >= 0.6 is 0 Å². The van der Waals surface area contributed by atoms with Crippen LogP contribution in [0.4, 0.5) is 8.78 Å². The zero-order chi connectivity index (χ0) is 17.6. The van der Waals surface area contributed by atoms with E-state index in [0.29, 0.717) is 17.9 Å². The van der Waals surface area contributed by atoms with E-state index >= 15 is 0 Å². The highest BCUT2D eigenvalue weighted by molar-refractivity contribution is 5.83. The maximum atomic E-state index is 12.6. The lowest BCUT2D eigenvalue weighted by molar-refractivity contribution is 0.111. The van der Waals surface area contributed by atoms with Crippen LogP contribution in [0.1, 0.15) is 27.9 Å². The van der Waals surface area contributed by atoms with Crippen molar-refractivity contribution in [2.45, 2.75) is 13.0 Å². The summed E-state index contributed by atoms with van der Waals surface area (Å²) in [6.45, 7) is 0.365. The number of carbonyl (C=O) groups is 1. The number of alkyl halides is 2. The van der Waals surface area contributed by atoms with Crippen molar-refractivity contribution in [3.05, 3.63) is 89.5 Å². The van der Waals surface area contributed by atoms with Gasteiger partial charge in [-0.3, -0.25) is 4.79 Å². The number of aldehydes is 1. The van der Waals surface area contributed by atoms with Gasteiger partial charge in [-0.15, -0.1) is 0 Å². The lowest BCUT2D eigenvalue weighted by Gasteiger charge is -2.11. The Labute approximate surface area is 144 Å². The fourth-order valence-corrected chi connectivity index (χ4v) is 2.51. The number of benzene rings is 3. The molecular formula is C21H16F2O2. The van der Waals surface area contributed by atoms with E-state index in [-0.39, 0.29) is 5.56 Å². The van der Waals surface area contributed by atoms with Gasteiger partial charge < -0.3 is 4.74 Å². The Morgan fingerprint density at radius 1 is 0.880 bits per heavy atom. The monoisotopic (exact) mass is 338 g/mol. The van der Waals surface area contributed by atoms with Crippen molar-refractivity contribution in [2.24, 2.45) is 0 Å². The van der Waals surface area contributed by atoms with Gasteiger partial charge >= 0.3 is 0 Å². The molecule has 0 fully saturated rings. The smallest absolute Gasteiger partial charge is 0.263 e. The molecule has 4 heteroatoms. The largest absolute Gasteiger partial charge is 0.488 e. The lowest BCUT2D eigenvalue weighted by atomic mass is 10.0. The van der Waals surface area contributed by atoms with E-state index in [1.807, 2.05) is 36.4 Å². The van der Waals surface area contributed by atoms with E-state index in [2.05, 4.69) is 0 Å². The van der Waals surface area contributed by atoms with Gasteiger partial charge in [0.05, 0.1) is 5.56 Å². The highest BCUT2D eigenvalue weighted by atomic mass is 19.3. The van der Waals surface area contributed by atoms with Gasteiger partial charge in [-0.25, -0.2) is 8.78 Å². The summed E-state index contributed by atoms with van der Waals surface area (Å²) in [6.07, 6.45) is -1.76. The first-order valence-corrected chi connectivity index (χ1v) is 7.82. The second kappa shape index (κ2) is 7.71. The SMILES string of the molecule is O=Cc1cc(-c2ccc(C(F)F)cc2)ccc1OCc1ccccc1. The Morgan fingerprint density at radius 3 is 2.20 bits per heavy atom. The van der Waals surface area contributed by atoms with Gasteiger partial charge in [-0.2, -0.15) is 0 Å². The van der Waals surface area contributed by atoms with Crippen LogP contribution in [0, 0.1) is 0 Å². The number of rotatable bonds is 6. The fourth-order valence-electron chi connectivity index (χ4n) is 2.51. The van der Waals surface area contributed by atoms with Gasteiger partial charge in [0, 0.05) is 5.56 Å². The average molecular weight is 338 g/mol. The van der Waals surface area contributed by atoms with Gasteiger partial charge in [-0.1, -0.05) is 60.7 Å². The van der Waals surface area contributed by atoms with E-state index in [1.54, 1.807) is 24.3 Å². The summed E-state index contributed by atoms with van der Waals surface area (Å²) < 4.78 is 31.0. The molecule has 0 saturated carbocycles. The molecule has 0 unspecified atom stereocenters. The molecule has 25 heavy (non-hydrogen) atoms. The van der Waals surface area contributed by atoms with Crippen LogP contribution in [0.5, 0.6) is 5.75 Å². The minimum absolute atomic E-state index is 0.0258. The second-order valence-corrected chi connectivity index (χ2v) is 5.57. The third-order valence-electron chi connectivity index (χ3n) is 3.87. The lowest BCUT2D eigenvalue weighted by Crippen LogP contribution is -1.98. The van der Waals surface area contributed by atoms with Crippen LogP contribution in [-0.4, -0.2) is 6.29 Å². The van der Waals surface area contributed by atoms with Crippen LogP contribution in [0.3, 0.4) is 0 Å². The molecule has 2 nitrogen and oxygen atoms in total. The summed E-state index contributed by atoms with van der Waals surface area (Å²) in [5, 5.41) is 0. The number of carbonyl (C=O) groups excluding carboxylic acids is 1. The molecule has 0 radical (unpaired) electrons. The second-order valence-electron chi connectivity index (χ2n) is 5.57.